The molecule has 3 aromatic rings. The number of carbonyl (C=O) groups is 2. The molecule has 1 heterocycles. The van der Waals surface area contributed by atoms with Crippen molar-refractivity contribution in [3.8, 4) is 16.9 Å². The molecule has 3 rings (SSSR count). The van der Waals surface area contributed by atoms with E-state index in [1.165, 1.54) is 23.5 Å². The van der Waals surface area contributed by atoms with Crippen LogP contribution in [0.15, 0.2) is 60.7 Å². The van der Waals surface area contributed by atoms with Crippen molar-refractivity contribution in [1.29, 1.82) is 0 Å². The van der Waals surface area contributed by atoms with Crippen molar-refractivity contribution in [3.05, 3.63) is 76.0 Å². The Labute approximate surface area is 192 Å². The molecule has 33 heavy (non-hydrogen) atoms. The van der Waals surface area contributed by atoms with E-state index >= 15 is 0 Å². The van der Waals surface area contributed by atoms with Gasteiger partial charge in [-0.2, -0.15) is 13.2 Å². The number of aryl methyl sites for hydroxylation is 1. The predicted octanol–water partition coefficient (Wildman–Crippen LogP) is 5.65. The third-order valence-electron chi connectivity index (χ3n) is 4.75. The van der Waals surface area contributed by atoms with Crippen molar-refractivity contribution in [2.75, 3.05) is 13.2 Å². The van der Waals surface area contributed by atoms with E-state index in [4.69, 9.17) is 9.84 Å². The minimum atomic E-state index is -4.35. The average Bonchev–Trinajstić information content (AvgIpc) is 3.25. The molecule has 9 heteroatoms. The fourth-order valence-corrected chi connectivity index (χ4v) is 4.00. The van der Waals surface area contributed by atoms with Crippen LogP contribution in [0, 0.1) is 0 Å². The summed E-state index contributed by atoms with van der Waals surface area (Å²) < 4.78 is 43.8. The molecule has 5 nitrogen and oxygen atoms in total. The monoisotopic (exact) mass is 477 g/mol. The summed E-state index contributed by atoms with van der Waals surface area (Å²) in [5.41, 5.74) is 0.807. The van der Waals surface area contributed by atoms with E-state index in [0.717, 1.165) is 35.4 Å². The maximum absolute atomic E-state index is 12.7. The van der Waals surface area contributed by atoms with Crippen LogP contribution in [0.2, 0.25) is 0 Å². The number of rotatable bonds is 10. The van der Waals surface area contributed by atoms with E-state index in [1.807, 2.05) is 6.07 Å². The molecule has 2 aromatic carbocycles. The Morgan fingerprint density at radius 1 is 0.939 bits per heavy atom. The van der Waals surface area contributed by atoms with Gasteiger partial charge in [0.25, 0.3) is 5.91 Å². The number of halogens is 3. The Morgan fingerprint density at radius 3 is 2.18 bits per heavy atom. The van der Waals surface area contributed by atoms with Crippen molar-refractivity contribution in [1.82, 2.24) is 5.32 Å². The van der Waals surface area contributed by atoms with Gasteiger partial charge in [-0.1, -0.05) is 24.3 Å². The van der Waals surface area contributed by atoms with Gasteiger partial charge in [-0.3, -0.25) is 9.59 Å². The first-order valence-electron chi connectivity index (χ1n) is 10.2. The van der Waals surface area contributed by atoms with Crippen LogP contribution in [-0.2, 0) is 17.4 Å². The molecule has 0 unspecified atom stereocenters. The highest BCUT2D eigenvalue weighted by Crippen LogP contribution is 2.31. The summed E-state index contributed by atoms with van der Waals surface area (Å²) in [6.45, 7) is 0.560. The number of carboxylic acid groups (broad SMARTS) is 1. The van der Waals surface area contributed by atoms with Gasteiger partial charge in [0.05, 0.1) is 23.5 Å². The Balaban J connectivity index is 1.43. The van der Waals surface area contributed by atoms with Gasteiger partial charge >= 0.3 is 12.1 Å². The molecule has 1 amide bonds. The number of carboxylic acids is 1. The fraction of sp³-hybridized carbons (Fsp3) is 0.250. The van der Waals surface area contributed by atoms with Gasteiger partial charge in [0.15, 0.2) is 0 Å². The number of benzene rings is 2. The van der Waals surface area contributed by atoms with E-state index in [2.05, 4.69) is 5.32 Å². The number of amides is 1. The van der Waals surface area contributed by atoms with Gasteiger partial charge in [-0.15, -0.1) is 11.3 Å². The van der Waals surface area contributed by atoms with E-state index in [9.17, 15) is 22.8 Å². The van der Waals surface area contributed by atoms with Crippen LogP contribution in [0.25, 0.3) is 11.1 Å². The lowest BCUT2D eigenvalue weighted by Gasteiger charge is -2.09. The van der Waals surface area contributed by atoms with Crippen LogP contribution in [0.5, 0.6) is 5.75 Å². The van der Waals surface area contributed by atoms with Gasteiger partial charge in [-0.25, -0.2) is 0 Å². The number of nitrogens with one attached hydrogen (secondary N) is 1. The number of thiophene rings is 1. The Hall–Kier alpha value is -3.33. The summed E-state index contributed by atoms with van der Waals surface area (Å²) in [6.07, 6.45) is -3.00. The molecule has 2 N–H and O–H groups in total. The second-order valence-corrected chi connectivity index (χ2v) is 8.39. The first-order chi connectivity index (χ1) is 15.7. The Morgan fingerprint density at radius 2 is 1.58 bits per heavy atom. The Bertz CT molecular complexity index is 1080. The highest BCUT2D eigenvalue weighted by atomic mass is 32.1. The van der Waals surface area contributed by atoms with Gasteiger partial charge < -0.3 is 15.2 Å². The van der Waals surface area contributed by atoms with Gasteiger partial charge in [0, 0.05) is 11.4 Å². The number of ether oxygens (including phenoxy) is 1. The molecule has 0 aliphatic rings. The SMILES string of the molecule is O=C(O)CCNC(=O)c1ccc(CCCOc2ccc(-c3ccc(C(F)(F)F)cc3)cc2)s1. The molecule has 0 aliphatic carbocycles. The van der Waals surface area contributed by atoms with Crippen molar-refractivity contribution >= 4 is 23.2 Å². The second-order valence-electron chi connectivity index (χ2n) is 7.22. The molecule has 0 saturated carbocycles. The molecule has 0 bridgehead atoms. The Kier molecular flexibility index (Phi) is 8.11. The smallest absolute Gasteiger partial charge is 0.416 e. The maximum atomic E-state index is 12.7. The summed E-state index contributed by atoms with van der Waals surface area (Å²) in [5, 5.41) is 11.2. The van der Waals surface area contributed by atoms with Crippen molar-refractivity contribution in [3.63, 3.8) is 0 Å². The number of aliphatic carboxylic acids is 1. The van der Waals surface area contributed by atoms with E-state index in [0.29, 0.717) is 22.8 Å². The van der Waals surface area contributed by atoms with Crippen LogP contribution < -0.4 is 10.1 Å². The fourth-order valence-electron chi connectivity index (χ4n) is 3.04. The number of hydrogen-bond donors (Lipinski definition) is 2. The molecule has 0 fully saturated rings. The summed E-state index contributed by atoms with van der Waals surface area (Å²) in [7, 11) is 0. The van der Waals surface area contributed by atoms with Crippen molar-refractivity contribution < 1.29 is 32.6 Å². The summed E-state index contributed by atoms with van der Waals surface area (Å²) >= 11 is 1.36. The van der Waals surface area contributed by atoms with E-state index < -0.39 is 17.7 Å². The van der Waals surface area contributed by atoms with Crippen molar-refractivity contribution in [2.45, 2.75) is 25.4 Å². The predicted molar refractivity (Wildman–Crippen MR) is 120 cm³/mol. The quantitative estimate of drug-likeness (QED) is 0.370. The minimum Gasteiger partial charge on any atom is -0.494 e. The first-order valence-corrected chi connectivity index (χ1v) is 11.0. The van der Waals surface area contributed by atoms with Gasteiger partial charge in [-0.05, 0) is 60.4 Å². The zero-order chi connectivity index (χ0) is 23.8. The standard InChI is InChI=1S/C24H22F3NO4S/c25-24(26,27)18-7-3-16(4-8-18)17-5-9-19(10-6-17)32-15-1-2-20-11-12-21(33-20)23(31)28-14-13-22(29)30/h3-12H,1-2,13-15H2,(H,28,31)(H,29,30). The third kappa shape index (κ3) is 7.35. The van der Waals surface area contributed by atoms with Crippen LogP contribution >= 0.6 is 11.3 Å². The molecule has 0 saturated heterocycles. The topological polar surface area (TPSA) is 75.6 Å². The van der Waals surface area contributed by atoms with Crippen LogP contribution in [-0.4, -0.2) is 30.1 Å². The lowest BCUT2D eigenvalue weighted by Crippen LogP contribution is -2.25. The van der Waals surface area contributed by atoms with Gasteiger partial charge in [0.2, 0.25) is 0 Å². The number of carbonyl (C=O) groups excluding carboxylic acids is 1. The number of hydrogen-bond acceptors (Lipinski definition) is 4. The second kappa shape index (κ2) is 11.0. The summed E-state index contributed by atoms with van der Waals surface area (Å²) in [6, 6.07) is 15.8. The molecule has 174 valence electrons. The molecular weight excluding hydrogens is 455 g/mol. The van der Waals surface area contributed by atoms with E-state index in [-0.39, 0.29) is 18.9 Å². The molecule has 0 aliphatic heterocycles. The summed E-state index contributed by atoms with van der Waals surface area (Å²) in [4.78, 5) is 24.0. The maximum Gasteiger partial charge on any atom is 0.416 e. The zero-order valence-corrected chi connectivity index (χ0v) is 18.3. The first kappa shape index (κ1) is 24.3. The van der Waals surface area contributed by atoms with Crippen LogP contribution in [0.3, 0.4) is 0 Å². The molecule has 1 aromatic heterocycles. The largest absolute Gasteiger partial charge is 0.494 e. The highest BCUT2D eigenvalue weighted by molar-refractivity contribution is 7.14. The lowest BCUT2D eigenvalue weighted by molar-refractivity contribution is -0.138. The summed E-state index contributed by atoms with van der Waals surface area (Å²) in [5.74, 6) is -0.580. The molecule has 0 spiro atoms. The van der Waals surface area contributed by atoms with Gasteiger partial charge in [0.1, 0.15) is 5.75 Å². The van der Waals surface area contributed by atoms with Crippen LogP contribution in [0.4, 0.5) is 13.2 Å². The lowest BCUT2D eigenvalue weighted by atomic mass is 10.0. The normalized spacial score (nSPS) is 11.2. The van der Waals surface area contributed by atoms with E-state index in [1.54, 1.807) is 30.3 Å². The third-order valence-corrected chi connectivity index (χ3v) is 5.89. The average molecular weight is 478 g/mol. The molecular formula is C24H22F3NO4S. The zero-order valence-electron chi connectivity index (χ0n) is 17.5. The minimum absolute atomic E-state index is 0.0902. The van der Waals surface area contributed by atoms with Crippen LogP contribution in [0.1, 0.15) is 33.0 Å². The number of alkyl halides is 3. The molecule has 0 atom stereocenters. The van der Waals surface area contributed by atoms with Crippen molar-refractivity contribution in [2.24, 2.45) is 0 Å². The molecule has 0 radical (unpaired) electrons. The highest BCUT2D eigenvalue weighted by Gasteiger charge is 2.29.